The van der Waals surface area contributed by atoms with E-state index in [-0.39, 0.29) is 27.2 Å². The number of para-hydroxylation sites is 1. The molecular weight excluding hydrogens is 444 g/mol. The summed E-state index contributed by atoms with van der Waals surface area (Å²) < 4.78 is 33.9. The number of nitrogens with one attached hydrogen (secondary N) is 2. The second-order valence-corrected chi connectivity index (χ2v) is 10.0. The molecule has 30 heavy (non-hydrogen) atoms. The van der Waals surface area contributed by atoms with Gasteiger partial charge in [-0.05, 0) is 55.2 Å². The second-order valence-electron chi connectivity index (χ2n) is 6.81. The first-order valence-corrected chi connectivity index (χ1v) is 11.9. The Labute approximate surface area is 183 Å². The Kier molecular flexibility index (Phi) is 5.73. The molecule has 0 aliphatic heterocycles. The number of rotatable bonds is 6. The zero-order chi connectivity index (χ0) is 21.3. The van der Waals surface area contributed by atoms with Crippen molar-refractivity contribution >= 4 is 50.2 Å². The maximum atomic E-state index is 13.1. The van der Waals surface area contributed by atoms with Gasteiger partial charge >= 0.3 is 0 Å². The van der Waals surface area contributed by atoms with Gasteiger partial charge in [-0.2, -0.15) is 0 Å². The first kappa shape index (κ1) is 20.7. The molecule has 1 aliphatic rings. The smallest absolute Gasteiger partial charge is 0.265 e. The van der Waals surface area contributed by atoms with Crippen molar-refractivity contribution in [3.8, 4) is 5.75 Å². The van der Waals surface area contributed by atoms with Gasteiger partial charge in [-0.15, -0.1) is 11.3 Å². The molecule has 2 aromatic carbocycles. The maximum absolute atomic E-state index is 13.1. The molecule has 0 saturated heterocycles. The molecule has 1 amide bonds. The normalized spacial score (nSPS) is 13.0. The first-order valence-electron chi connectivity index (χ1n) is 9.26. The van der Waals surface area contributed by atoms with Gasteiger partial charge in [0.05, 0.1) is 28.4 Å². The van der Waals surface area contributed by atoms with E-state index in [4.69, 9.17) is 16.3 Å². The van der Waals surface area contributed by atoms with E-state index in [1.165, 1.54) is 41.0 Å². The Morgan fingerprint density at radius 2 is 1.90 bits per heavy atom. The number of hydrogen-bond donors (Lipinski definition) is 2. The predicted octanol–water partition coefficient (Wildman–Crippen LogP) is 4.95. The largest absolute Gasteiger partial charge is 0.497 e. The van der Waals surface area contributed by atoms with E-state index in [0.717, 1.165) is 19.3 Å². The summed E-state index contributed by atoms with van der Waals surface area (Å²) in [5.74, 6) is 0.0105. The van der Waals surface area contributed by atoms with E-state index in [0.29, 0.717) is 10.6 Å². The van der Waals surface area contributed by atoms with Gasteiger partial charge in [-0.3, -0.25) is 9.52 Å². The zero-order valence-corrected chi connectivity index (χ0v) is 18.5. The van der Waals surface area contributed by atoms with Gasteiger partial charge in [-0.1, -0.05) is 23.7 Å². The number of carbonyl (C=O) groups excluding carboxylic acids is 1. The molecule has 2 N–H and O–H groups in total. The van der Waals surface area contributed by atoms with E-state index in [1.807, 2.05) is 6.07 Å². The van der Waals surface area contributed by atoms with Crippen LogP contribution in [0.2, 0.25) is 5.02 Å². The second kappa shape index (κ2) is 8.29. The van der Waals surface area contributed by atoms with Crippen molar-refractivity contribution in [2.24, 2.45) is 0 Å². The monoisotopic (exact) mass is 462 g/mol. The number of ether oxygens (including phenoxy) is 1. The Bertz CT molecular complexity index is 1200. The number of carbonyl (C=O) groups is 1. The molecule has 0 fully saturated rings. The van der Waals surface area contributed by atoms with Crippen molar-refractivity contribution in [2.45, 2.75) is 24.2 Å². The molecule has 0 atom stereocenters. The van der Waals surface area contributed by atoms with Crippen molar-refractivity contribution in [2.75, 3.05) is 17.1 Å². The summed E-state index contributed by atoms with van der Waals surface area (Å²) in [5.41, 5.74) is 1.61. The molecule has 0 saturated carbocycles. The van der Waals surface area contributed by atoms with Crippen LogP contribution in [-0.4, -0.2) is 21.4 Å². The molecule has 3 aromatic rings. The molecule has 1 aromatic heterocycles. The molecule has 9 heteroatoms. The number of methoxy groups -OCH3 is 1. The minimum Gasteiger partial charge on any atom is -0.497 e. The summed E-state index contributed by atoms with van der Waals surface area (Å²) >= 11 is 7.55. The highest BCUT2D eigenvalue weighted by Gasteiger charge is 2.24. The van der Waals surface area contributed by atoms with Crippen LogP contribution < -0.4 is 14.8 Å². The van der Waals surface area contributed by atoms with Crippen LogP contribution in [0.25, 0.3) is 0 Å². The molecule has 0 radical (unpaired) electrons. The van der Waals surface area contributed by atoms with Gasteiger partial charge in [0.1, 0.15) is 10.6 Å². The third kappa shape index (κ3) is 4.16. The fourth-order valence-corrected chi connectivity index (χ4v) is 5.97. The van der Waals surface area contributed by atoms with Crippen LogP contribution in [-0.2, 0) is 22.9 Å². The number of hydrogen-bond acceptors (Lipinski definition) is 5. The molecule has 0 spiro atoms. The number of halogens is 1. The van der Waals surface area contributed by atoms with Crippen LogP contribution in [0.3, 0.4) is 0 Å². The van der Waals surface area contributed by atoms with Crippen LogP contribution in [0.1, 0.15) is 26.5 Å². The minimum atomic E-state index is -4.05. The van der Waals surface area contributed by atoms with Gasteiger partial charge in [0.2, 0.25) is 0 Å². The lowest BCUT2D eigenvalue weighted by atomic mass is 10.2. The maximum Gasteiger partial charge on any atom is 0.265 e. The molecular formula is C21H19ClN2O4S2. The fourth-order valence-electron chi connectivity index (χ4n) is 3.32. The summed E-state index contributed by atoms with van der Waals surface area (Å²) in [6.07, 6.45) is 3.07. The third-order valence-electron chi connectivity index (χ3n) is 4.82. The van der Waals surface area contributed by atoms with Crippen molar-refractivity contribution in [3.05, 3.63) is 68.9 Å². The third-order valence-corrected chi connectivity index (χ3v) is 7.79. The Morgan fingerprint density at radius 1 is 1.10 bits per heavy atom. The van der Waals surface area contributed by atoms with Gasteiger partial charge in [0.15, 0.2) is 0 Å². The predicted molar refractivity (Wildman–Crippen MR) is 120 cm³/mol. The highest BCUT2D eigenvalue weighted by Crippen LogP contribution is 2.33. The summed E-state index contributed by atoms with van der Waals surface area (Å²) in [6.45, 7) is 0. The lowest BCUT2D eigenvalue weighted by Gasteiger charge is -2.15. The zero-order valence-electron chi connectivity index (χ0n) is 16.1. The molecule has 0 unspecified atom stereocenters. The van der Waals surface area contributed by atoms with Gasteiger partial charge in [0, 0.05) is 10.9 Å². The van der Waals surface area contributed by atoms with E-state index < -0.39 is 10.0 Å². The van der Waals surface area contributed by atoms with Crippen molar-refractivity contribution < 1.29 is 17.9 Å². The number of sulfonamides is 1. The molecule has 1 aliphatic carbocycles. The van der Waals surface area contributed by atoms with Crippen LogP contribution in [0.4, 0.5) is 11.4 Å². The summed E-state index contributed by atoms with van der Waals surface area (Å²) in [4.78, 5) is 14.5. The van der Waals surface area contributed by atoms with Crippen molar-refractivity contribution in [1.82, 2.24) is 0 Å². The van der Waals surface area contributed by atoms with E-state index >= 15 is 0 Å². The van der Waals surface area contributed by atoms with E-state index in [9.17, 15) is 13.2 Å². The Hall–Kier alpha value is -2.55. The van der Waals surface area contributed by atoms with Crippen LogP contribution in [0, 0.1) is 0 Å². The molecule has 0 bridgehead atoms. The molecule has 156 valence electrons. The van der Waals surface area contributed by atoms with Gasteiger partial charge in [-0.25, -0.2) is 8.42 Å². The topological polar surface area (TPSA) is 84.5 Å². The molecule has 1 heterocycles. The van der Waals surface area contributed by atoms with Crippen molar-refractivity contribution in [3.63, 3.8) is 0 Å². The standard InChI is InChI=1S/C21H19ClN2O4S2/c1-28-14-9-10-17(23-21(25)19-11-13-5-4-8-18(13)29-19)20(12-14)30(26,27)24-16-7-3-2-6-15(16)22/h2-3,6-7,9-12,24H,4-5,8H2,1H3,(H,23,25). The average molecular weight is 463 g/mol. The van der Waals surface area contributed by atoms with Gasteiger partial charge in [0.25, 0.3) is 15.9 Å². The summed E-state index contributed by atoms with van der Waals surface area (Å²) in [6, 6.07) is 12.9. The SMILES string of the molecule is COc1ccc(NC(=O)c2cc3c(s2)CCC3)c(S(=O)(=O)Nc2ccccc2Cl)c1. The van der Waals surface area contributed by atoms with Crippen molar-refractivity contribution in [1.29, 1.82) is 0 Å². The minimum absolute atomic E-state index is 0.112. The van der Waals surface area contributed by atoms with E-state index in [1.54, 1.807) is 30.3 Å². The number of fused-ring (bicyclic) bond motifs is 1. The number of amides is 1. The Morgan fingerprint density at radius 3 is 2.63 bits per heavy atom. The molecule has 6 nitrogen and oxygen atoms in total. The summed E-state index contributed by atoms with van der Waals surface area (Å²) in [7, 11) is -2.61. The lowest BCUT2D eigenvalue weighted by Crippen LogP contribution is -2.18. The van der Waals surface area contributed by atoms with Crippen LogP contribution in [0.5, 0.6) is 5.75 Å². The first-order chi connectivity index (χ1) is 14.4. The quantitative estimate of drug-likeness (QED) is 0.542. The Balaban J connectivity index is 1.66. The molecule has 4 rings (SSSR count). The van der Waals surface area contributed by atoms with Crippen LogP contribution in [0.15, 0.2) is 53.4 Å². The van der Waals surface area contributed by atoms with Gasteiger partial charge < -0.3 is 10.1 Å². The number of aryl methyl sites for hydroxylation is 2. The highest BCUT2D eigenvalue weighted by atomic mass is 35.5. The number of benzene rings is 2. The highest BCUT2D eigenvalue weighted by molar-refractivity contribution is 7.93. The van der Waals surface area contributed by atoms with Crippen LogP contribution >= 0.6 is 22.9 Å². The lowest BCUT2D eigenvalue weighted by molar-refractivity contribution is 0.103. The fraction of sp³-hybridized carbons (Fsp3) is 0.190. The summed E-state index contributed by atoms with van der Waals surface area (Å²) in [5, 5.41) is 3.00. The number of anilines is 2. The van der Waals surface area contributed by atoms with E-state index in [2.05, 4.69) is 10.0 Å². The average Bonchev–Trinajstić information content (AvgIpc) is 3.32. The number of thiophene rings is 1.